The minimum atomic E-state index is -0.175. The summed E-state index contributed by atoms with van der Waals surface area (Å²) < 4.78 is 1.98. The predicted octanol–water partition coefficient (Wildman–Crippen LogP) is 2.03. The van der Waals surface area contributed by atoms with E-state index in [1.54, 1.807) is 6.20 Å². The van der Waals surface area contributed by atoms with E-state index in [1.165, 1.54) is 0 Å². The fraction of sp³-hybridized carbons (Fsp3) is 0.438. The summed E-state index contributed by atoms with van der Waals surface area (Å²) >= 11 is 0. The zero-order valence-corrected chi connectivity index (χ0v) is 13.3. The van der Waals surface area contributed by atoms with Crippen molar-refractivity contribution in [3.8, 4) is 0 Å². The van der Waals surface area contributed by atoms with E-state index in [1.807, 2.05) is 36.7 Å². The minimum absolute atomic E-state index is 0.175. The number of aromatic nitrogens is 3. The molecule has 118 valence electrons. The second-order valence-corrected chi connectivity index (χ2v) is 5.60. The molecule has 0 aromatic carbocycles. The molecule has 0 spiro atoms. The SMILES string of the molecule is Cc1cc(C)n(CC(C)CNC(=O)NCc2ccccn2)n1. The van der Waals surface area contributed by atoms with Crippen molar-refractivity contribution < 1.29 is 4.79 Å². The number of carbonyl (C=O) groups is 1. The van der Waals surface area contributed by atoms with Crippen LogP contribution in [0.1, 0.15) is 24.0 Å². The van der Waals surface area contributed by atoms with Crippen molar-refractivity contribution in [2.75, 3.05) is 6.54 Å². The van der Waals surface area contributed by atoms with Crippen LogP contribution in [-0.2, 0) is 13.1 Å². The average Bonchev–Trinajstić information content (AvgIpc) is 2.82. The van der Waals surface area contributed by atoms with Crippen LogP contribution in [0, 0.1) is 19.8 Å². The van der Waals surface area contributed by atoms with Crippen molar-refractivity contribution in [3.63, 3.8) is 0 Å². The van der Waals surface area contributed by atoms with Crippen molar-refractivity contribution in [3.05, 3.63) is 47.5 Å². The fourth-order valence-electron chi connectivity index (χ4n) is 2.22. The first-order chi connectivity index (χ1) is 10.5. The monoisotopic (exact) mass is 301 g/mol. The molecule has 0 saturated carbocycles. The lowest BCUT2D eigenvalue weighted by atomic mass is 10.2. The van der Waals surface area contributed by atoms with Crippen LogP contribution < -0.4 is 10.6 Å². The molecule has 0 fully saturated rings. The van der Waals surface area contributed by atoms with Gasteiger partial charge in [-0.2, -0.15) is 5.10 Å². The molecule has 0 bridgehead atoms. The van der Waals surface area contributed by atoms with E-state index in [2.05, 4.69) is 33.7 Å². The Morgan fingerprint density at radius 3 is 2.77 bits per heavy atom. The Morgan fingerprint density at radius 1 is 1.32 bits per heavy atom. The number of nitrogens with zero attached hydrogens (tertiary/aromatic N) is 3. The topological polar surface area (TPSA) is 71.8 Å². The molecule has 0 aliphatic heterocycles. The standard InChI is InChI=1S/C16H23N5O/c1-12(11-21-14(3)8-13(2)20-21)9-18-16(22)19-10-15-6-4-5-7-17-15/h4-8,12H,9-11H2,1-3H3,(H2,18,19,22). The molecule has 2 aromatic rings. The third-order valence-electron chi connectivity index (χ3n) is 3.36. The van der Waals surface area contributed by atoms with Gasteiger partial charge < -0.3 is 10.6 Å². The highest BCUT2D eigenvalue weighted by atomic mass is 16.2. The van der Waals surface area contributed by atoms with Crippen LogP contribution in [0.4, 0.5) is 4.79 Å². The summed E-state index contributed by atoms with van der Waals surface area (Å²) in [6.07, 6.45) is 1.71. The third kappa shape index (κ3) is 4.87. The molecule has 6 nitrogen and oxygen atoms in total. The van der Waals surface area contributed by atoms with E-state index in [0.717, 1.165) is 23.6 Å². The second kappa shape index (κ2) is 7.59. The quantitative estimate of drug-likeness (QED) is 0.857. The molecule has 0 radical (unpaired) electrons. The van der Waals surface area contributed by atoms with Gasteiger partial charge in [-0.05, 0) is 38.0 Å². The van der Waals surface area contributed by atoms with Crippen LogP contribution in [0.25, 0.3) is 0 Å². The molecule has 0 aliphatic rings. The summed E-state index contributed by atoms with van der Waals surface area (Å²) in [7, 11) is 0. The van der Waals surface area contributed by atoms with Gasteiger partial charge >= 0.3 is 6.03 Å². The first kappa shape index (κ1) is 16.0. The van der Waals surface area contributed by atoms with Crippen LogP contribution in [0.2, 0.25) is 0 Å². The van der Waals surface area contributed by atoms with E-state index in [-0.39, 0.29) is 6.03 Å². The Labute approximate surface area is 130 Å². The van der Waals surface area contributed by atoms with Gasteiger partial charge in [-0.1, -0.05) is 13.0 Å². The lowest BCUT2D eigenvalue weighted by Gasteiger charge is -2.14. The number of nitrogens with one attached hydrogen (secondary N) is 2. The van der Waals surface area contributed by atoms with E-state index in [9.17, 15) is 4.79 Å². The Hall–Kier alpha value is -2.37. The van der Waals surface area contributed by atoms with E-state index < -0.39 is 0 Å². The second-order valence-electron chi connectivity index (χ2n) is 5.60. The number of aryl methyl sites for hydroxylation is 2. The molecule has 2 rings (SSSR count). The van der Waals surface area contributed by atoms with Gasteiger partial charge in [-0.25, -0.2) is 4.79 Å². The van der Waals surface area contributed by atoms with Crippen LogP contribution >= 0.6 is 0 Å². The summed E-state index contributed by atoms with van der Waals surface area (Å²) in [4.78, 5) is 15.9. The van der Waals surface area contributed by atoms with Gasteiger partial charge in [0.1, 0.15) is 0 Å². The minimum Gasteiger partial charge on any atom is -0.338 e. The Balaban J connectivity index is 1.70. The molecule has 2 N–H and O–H groups in total. The zero-order valence-electron chi connectivity index (χ0n) is 13.3. The van der Waals surface area contributed by atoms with Gasteiger partial charge in [0.2, 0.25) is 0 Å². The first-order valence-electron chi connectivity index (χ1n) is 7.47. The average molecular weight is 301 g/mol. The van der Waals surface area contributed by atoms with Crippen LogP contribution in [0.15, 0.2) is 30.5 Å². The molecule has 2 aromatic heterocycles. The number of amides is 2. The molecule has 1 unspecified atom stereocenters. The molecule has 22 heavy (non-hydrogen) atoms. The van der Waals surface area contributed by atoms with Crippen molar-refractivity contribution in [2.45, 2.75) is 33.9 Å². The third-order valence-corrected chi connectivity index (χ3v) is 3.36. The lowest BCUT2D eigenvalue weighted by Crippen LogP contribution is -2.38. The maximum atomic E-state index is 11.8. The molecular formula is C16H23N5O. The Morgan fingerprint density at radius 2 is 2.14 bits per heavy atom. The highest BCUT2D eigenvalue weighted by molar-refractivity contribution is 5.73. The molecule has 2 heterocycles. The van der Waals surface area contributed by atoms with E-state index in [0.29, 0.717) is 19.0 Å². The summed E-state index contributed by atoms with van der Waals surface area (Å²) in [5, 5.41) is 10.1. The number of carbonyl (C=O) groups excluding carboxylic acids is 1. The number of pyridine rings is 1. The van der Waals surface area contributed by atoms with Crippen molar-refractivity contribution in [1.82, 2.24) is 25.4 Å². The van der Waals surface area contributed by atoms with E-state index >= 15 is 0 Å². The smallest absolute Gasteiger partial charge is 0.315 e. The number of hydrogen-bond acceptors (Lipinski definition) is 3. The molecule has 0 aliphatic carbocycles. The molecule has 0 saturated heterocycles. The van der Waals surface area contributed by atoms with E-state index in [4.69, 9.17) is 0 Å². The van der Waals surface area contributed by atoms with Crippen LogP contribution in [-0.4, -0.2) is 27.3 Å². The number of rotatable bonds is 6. The van der Waals surface area contributed by atoms with Crippen molar-refractivity contribution in [2.24, 2.45) is 5.92 Å². The molecule has 6 heteroatoms. The van der Waals surface area contributed by atoms with Crippen LogP contribution in [0.5, 0.6) is 0 Å². The van der Waals surface area contributed by atoms with Gasteiger partial charge in [0.05, 0.1) is 17.9 Å². The van der Waals surface area contributed by atoms with Gasteiger partial charge in [0.25, 0.3) is 0 Å². The summed E-state index contributed by atoms with van der Waals surface area (Å²) in [6, 6.07) is 7.51. The van der Waals surface area contributed by atoms with Gasteiger partial charge in [0.15, 0.2) is 0 Å². The highest BCUT2D eigenvalue weighted by Crippen LogP contribution is 2.05. The lowest BCUT2D eigenvalue weighted by molar-refractivity contribution is 0.238. The van der Waals surface area contributed by atoms with Gasteiger partial charge in [0, 0.05) is 25.0 Å². The van der Waals surface area contributed by atoms with Gasteiger partial charge in [-0.15, -0.1) is 0 Å². The largest absolute Gasteiger partial charge is 0.338 e. The maximum Gasteiger partial charge on any atom is 0.315 e. The summed E-state index contributed by atoms with van der Waals surface area (Å²) in [5.41, 5.74) is 3.00. The predicted molar refractivity (Wildman–Crippen MR) is 85.3 cm³/mol. The van der Waals surface area contributed by atoms with Crippen LogP contribution in [0.3, 0.4) is 0 Å². The number of urea groups is 1. The number of hydrogen-bond donors (Lipinski definition) is 2. The summed E-state index contributed by atoms with van der Waals surface area (Å²) in [6.45, 7) is 7.94. The van der Waals surface area contributed by atoms with Gasteiger partial charge in [-0.3, -0.25) is 9.67 Å². The van der Waals surface area contributed by atoms with Crippen molar-refractivity contribution in [1.29, 1.82) is 0 Å². The highest BCUT2D eigenvalue weighted by Gasteiger charge is 2.09. The molecular weight excluding hydrogens is 278 g/mol. The fourth-order valence-corrected chi connectivity index (χ4v) is 2.22. The Kier molecular flexibility index (Phi) is 5.52. The Bertz CT molecular complexity index is 608. The molecule has 2 amide bonds. The normalized spacial score (nSPS) is 12.0. The molecule has 1 atom stereocenters. The first-order valence-corrected chi connectivity index (χ1v) is 7.47. The van der Waals surface area contributed by atoms with Crippen molar-refractivity contribution >= 4 is 6.03 Å². The zero-order chi connectivity index (χ0) is 15.9. The maximum absolute atomic E-state index is 11.8. The summed E-state index contributed by atoms with van der Waals surface area (Å²) in [5.74, 6) is 0.304.